The number of benzene rings is 1. The molecule has 0 aromatic heterocycles. The third-order valence-corrected chi connectivity index (χ3v) is 3.69. The SMILES string of the molecule is COc1cc(CN(C)CCN2CCCC2)ccc1O. The number of likely N-dealkylation sites (tertiary alicyclic amines) is 1. The zero-order chi connectivity index (χ0) is 13.7. The summed E-state index contributed by atoms with van der Waals surface area (Å²) in [4.78, 5) is 4.83. The van der Waals surface area contributed by atoms with E-state index < -0.39 is 0 Å². The van der Waals surface area contributed by atoms with E-state index in [9.17, 15) is 5.11 Å². The van der Waals surface area contributed by atoms with E-state index in [1.54, 1.807) is 13.2 Å². The number of hydrogen-bond acceptors (Lipinski definition) is 4. The molecule has 1 aromatic rings. The molecule has 4 nitrogen and oxygen atoms in total. The van der Waals surface area contributed by atoms with Gasteiger partial charge in [-0.15, -0.1) is 0 Å². The van der Waals surface area contributed by atoms with Gasteiger partial charge in [0, 0.05) is 19.6 Å². The quantitative estimate of drug-likeness (QED) is 0.851. The molecular weight excluding hydrogens is 240 g/mol. The fourth-order valence-electron chi connectivity index (χ4n) is 2.53. The second kappa shape index (κ2) is 6.78. The molecule has 1 N–H and O–H groups in total. The summed E-state index contributed by atoms with van der Waals surface area (Å²) >= 11 is 0. The Bertz CT molecular complexity index is 403. The van der Waals surface area contributed by atoms with E-state index in [1.807, 2.05) is 12.1 Å². The Labute approximate surface area is 115 Å². The number of rotatable bonds is 6. The standard InChI is InChI=1S/C15H24N2O2/c1-16(9-10-17-7-3-4-8-17)12-13-5-6-14(18)15(11-13)19-2/h5-6,11,18H,3-4,7-10,12H2,1-2H3. The zero-order valence-corrected chi connectivity index (χ0v) is 11.9. The van der Waals surface area contributed by atoms with Gasteiger partial charge in [-0.1, -0.05) is 6.07 Å². The number of phenolic OH excluding ortho intramolecular Hbond substituents is 1. The van der Waals surface area contributed by atoms with E-state index in [0.717, 1.165) is 19.6 Å². The van der Waals surface area contributed by atoms with Gasteiger partial charge in [-0.25, -0.2) is 0 Å². The lowest BCUT2D eigenvalue weighted by molar-refractivity contribution is 0.252. The van der Waals surface area contributed by atoms with E-state index in [1.165, 1.54) is 31.5 Å². The molecule has 1 aliphatic rings. The Kier molecular flexibility index (Phi) is 5.05. The van der Waals surface area contributed by atoms with Crippen LogP contribution in [0.1, 0.15) is 18.4 Å². The summed E-state index contributed by atoms with van der Waals surface area (Å²) in [5.74, 6) is 0.747. The molecule has 0 amide bonds. The fraction of sp³-hybridized carbons (Fsp3) is 0.600. The fourth-order valence-corrected chi connectivity index (χ4v) is 2.53. The molecule has 0 bridgehead atoms. The van der Waals surface area contributed by atoms with Crippen LogP contribution in [0.2, 0.25) is 0 Å². The first kappa shape index (κ1) is 14.2. The molecule has 1 aliphatic heterocycles. The molecule has 0 saturated carbocycles. The predicted molar refractivity (Wildman–Crippen MR) is 76.7 cm³/mol. The van der Waals surface area contributed by atoms with E-state index in [4.69, 9.17) is 4.74 Å². The normalized spacial score (nSPS) is 16.2. The molecule has 1 aromatic carbocycles. The Morgan fingerprint density at radius 1 is 1.32 bits per heavy atom. The third kappa shape index (κ3) is 4.11. The molecule has 4 heteroatoms. The van der Waals surface area contributed by atoms with E-state index in [2.05, 4.69) is 16.8 Å². The van der Waals surface area contributed by atoms with Crippen molar-refractivity contribution in [3.05, 3.63) is 23.8 Å². The minimum absolute atomic E-state index is 0.200. The first-order chi connectivity index (χ1) is 9.19. The molecule has 0 aliphatic carbocycles. The summed E-state index contributed by atoms with van der Waals surface area (Å²) < 4.78 is 5.13. The van der Waals surface area contributed by atoms with Gasteiger partial charge in [0.05, 0.1) is 7.11 Å². The molecule has 0 atom stereocenters. The number of phenols is 1. The molecular formula is C15H24N2O2. The average molecular weight is 264 g/mol. The molecule has 19 heavy (non-hydrogen) atoms. The predicted octanol–water partition coefficient (Wildman–Crippen LogP) is 1.93. The van der Waals surface area contributed by atoms with E-state index in [0.29, 0.717) is 5.75 Å². The Hall–Kier alpha value is -1.26. The first-order valence-electron chi connectivity index (χ1n) is 6.96. The number of aromatic hydroxyl groups is 1. The molecule has 106 valence electrons. The topological polar surface area (TPSA) is 35.9 Å². The van der Waals surface area contributed by atoms with Crippen LogP contribution in [-0.4, -0.2) is 55.2 Å². The maximum atomic E-state index is 9.57. The van der Waals surface area contributed by atoms with Crippen molar-refractivity contribution in [2.24, 2.45) is 0 Å². The highest BCUT2D eigenvalue weighted by Gasteiger charge is 2.12. The van der Waals surface area contributed by atoms with Gasteiger partial charge in [-0.2, -0.15) is 0 Å². The Morgan fingerprint density at radius 2 is 2.05 bits per heavy atom. The van der Waals surface area contributed by atoms with E-state index in [-0.39, 0.29) is 5.75 Å². The molecule has 0 spiro atoms. The number of hydrogen-bond donors (Lipinski definition) is 1. The van der Waals surface area contributed by atoms with Gasteiger partial charge >= 0.3 is 0 Å². The minimum atomic E-state index is 0.200. The average Bonchev–Trinajstić information content (AvgIpc) is 2.92. The highest BCUT2D eigenvalue weighted by atomic mass is 16.5. The number of nitrogens with zero attached hydrogens (tertiary/aromatic N) is 2. The molecule has 1 fully saturated rings. The van der Waals surface area contributed by atoms with Crippen molar-refractivity contribution in [2.45, 2.75) is 19.4 Å². The van der Waals surface area contributed by atoms with Gasteiger partial charge < -0.3 is 19.6 Å². The molecule has 2 rings (SSSR count). The summed E-state index contributed by atoms with van der Waals surface area (Å²) in [7, 11) is 3.71. The van der Waals surface area contributed by atoms with Gasteiger partial charge in [-0.05, 0) is 50.7 Å². The van der Waals surface area contributed by atoms with Crippen LogP contribution < -0.4 is 4.74 Å². The second-order valence-electron chi connectivity index (χ2n) is 5.29. The summed E-state index contributed by atoms with van der Waals surface area (Å²) in [5, 5.41) is 9.57. The van der Waals surface area contributed by atoms with Crippen molar-refractivity contribution in [2.75, 3.05) is 40.3 Å². The van der Waals surface area contributed by atoms with Gasteiger partial charge in [0.1, 0.15) is 0 Å². The van der Waals surface area contributed by atoms with Crippen LogP contribution in [0.15, 0.2) is 18.2 Å². The van der Waals surface area contributed by atoms with Crippen LogP contribution in [0.5, 0.6) is 11.5 Å². The summed E-state index contributed by atoms with van der Waals surface area (Å²) in [6.45, 7) is 5.60. The first-order valence-corrected chi connectivity index (χ1v) is 6.96. The second-order valence-corrected chi connectivity index (χ2v) is 5.29. The van der Waals surface area contributed by atoms with E-state index >= 15 is 0 Å². The smallest absolute Gasteiger partial charge is 0.160 e. The number of likely N-dealkylation sites (N-methyl/N-ethyl adjacent to an activating group) is 1. The maximum Gasteiger partial charge on any atom is 0.160 e. The van der Waals surface area contributed by atoms with Crippen molar-refractivity contribution >= 4 is 0 Å². The number of ether oxygens (including phenoxy) is 1. The van der Waals surface area contributed by atoms with Crippen LogP contribution in [-0.2, 0) is 6.54 Å². The largest absolute Gasteiger partial charge is 0.504 e. The molecule has 1 heterocycles. The monoisotopic (exact) mass is 264 g/mol. The zero-order valence-electron chi connectivity index (χ0n) is 11.9. The molecule has 0 unspecified atom stereocenters. The Balaban J connectivity index is 1.82. The van der Waals surface area contributed by atoms with Gasteiger partial charge in [0.25, 0.3) is 0 Å². The lowest BCUT2D eigenvalue weighted by atomic mass is 10.2. The van der Waals surface area contributed by atoms with Gasteiger partial charge in [0.2, 0.25) is 0 Å². The third-order valence-electron chi connectivity index (χ3n) is 3.69. The molecule has 0 radical (unpaired) electrons. The van der Waals surface area contributed by atoms with Crippen LogP contribution in [0.25, 0.3) is 0 Å². The van der Waals surface area contributed by atoms with Crippen molar-refractivity contribution < 1.29 is 9.84 Å². The summed E-state index contributed by atoms with van der Waals surface area (Å²) in [6, 6.07) is 5.55. The van der Waals surface area contributed by atoms with Crippen molar-refractivity contribution in [1.29, 1.82) is 0 Å². The van der Waals surface area contributed by atoms with Crippen LogP contribution in [0, 0.1) is 0 Å². The van der Waals surface area contributed by atoms with Crippen LogP contribution in [0.4, 0.5) is 0 Å². The summed E-state index contributed by atoms with van der Waals surface area (Å²) in [5.41, 5.74) is 1.17. The maximum absolute atomic E-state index is 9.57. The highest BCUT2D eigenvalue weighted by molar-refractivity contribution is 5.41. The van der Waals surface area contributed by atoms with Crippen molar-refractivity contribution in [3.63, 3.8) is 0 Å². The Morgan fingerprint density at radius 3 is 2.74 bits per heavy atom. The highest BCUT2D eigenvalue weighted by Crippen LogP contribution is 2.26. The summed E-state index contributed by atoms with van der Waals surface area (Å²) in [6.07, 6.45) is 2.69. The lowest BCUT2D eigenvalue weighted by Gasteiger charge is -2.21. The molecule has 1 saturated heterocycles. The van der Waals surface area contributed by atoms with Crippen molar-refractivity contribution in [1.82, 2.24) is 9.80 Å². The number of methoxy groups -OCH3 is 1. The van der Waals surface area contributed by atoms with Crippen molar-refractivity contribution in [3.8, 4) is 11.5 Å². The van der Waals surface area contributed by atoms with Crippen LogP contribution in [0.3, 0.4) is 0 Å². The van der Waals surface area contributed by atoms with Crippen LogP contribution >= 0.6 is 0 Å². The minimum Gasteiger partial charge on any atom is -0.504 e. The van der Waals surface area contributed by atoms with Gasteiger partial charge in [0.15, 0.2) is 11.5 Å². The van der Waals surface area contributed by atoms with Gasteiger partial charge in [-0.3, -0.25) is 0 Å². The lowest BCUT2D eigenvalue weighted by Crippen LogP contribution is -2.31.